The van der Waals surface area contributed by atoms with Crippen molar-refractivity contribution in [1.82, 2.24) is 10.6 Å². The third kappa shape index (κ3) is 8.67. The Hall–Kier alpha value is -4.19. The first-order chi connectivity index (χ1) is 19.0. The monoisotopic (exact) mass is 540 g/mol. The standard InChI is InChI=1S/C34H40N2O4/c1-23-12-9-10-17-29(23)27-20-18-25(19-21-27)13-11-16-28(22-30(37)38)32(39)36-31(34(3,4)5)33(40)35-24(2)26-14-7-6-8-15-26/h6-15,17-21,24,28,31H,16,22H2,1-5H3,(H,35,40)(H,36,39)(H,37,38)/b13-11+/t24-,28-,31-/m1/s1. The fourth-order valence-corrected chi connectivity index (χ4v) is 4.59. The van der Waals surface area contributed by atoms with Crippen LogP contribution in [0.4, 0.5) is 0 Å². The fraction of sp³-hybridized carbons (Fsp3) is 0.324. The van der Waals surface area contributed by atoms with Crippen molar-refractivity contribution in [2.75, 3.05) is 0 Å². The quantitative estimate of drug-likeness (QED) is 0.257. The molecule has 40 heavy (non-hydrogen) atoms. The van der Waals surface area contributed by atoms with Gasteiger partial charge in [0.25, 0.3) is 0 Å². The smallest absolute Gasteiger partial charge is 0.304 e. The fourth-order valence-electron chi connectivity index (χ4n) is 4.59. The zero-order chi connectivity index (χ0) is 29.3. The molecule has 0 spiro atoms. The summed E-state index contributed by atoms with van der Waals surface area (Å²) in [6, 6.07) is 24.8. The molecule has 3 N–H and O–H groups in total. The normalized spacial score (nSPS) is 13.8. The molecule has 0 unspecified atom stereocenters. The van der Waals surface area contributed by atoms with E-state index in [2.05, 4.69) is 29.7 Å². The van der Waals surface area contributed by atoms with E-state index in [0.29, 0.717) is 0 Å². The number of carboxylic acids is 1. The minimum absolute atomic E-state index is 0.233. The molecule has 0 aliphatic heterocycles. The molecule has 0 fully saturated rings. The molecule has 3 aromatic carbocycles. The van der Waals surface area contributed by atoms with Gasteiger partial charge in [0, 0.05) is 0 Å². The van der Waals surface area contributed by atoms with Gasteiger partial charge in [-0.2, -0.15) is 0 Å². The Balaban J connectivity index is 1.68. The molecule has 0 saturated carbocycles. The Bertz CT molecular complexity index is 1320. The van der Waals surface area contributed by atoms with Crippen LogP contribution in [0.3, 0.4) is 0 Å². The van der Waals surface area contributed by atoms with Crippen LogP contribution in [-0.4, -0.2) is 28.9 Å². The Morgan fingerprint density at radius 3 is 2.08 bits per heavy atom. The summed E-state index contributed by atoms with van der Waals surface area (Å²) >= 11 is 0. The molecule has 3 atom stereocenters. The predicted octanol–water partition coefficient (Wildman–Crippen LogP) is 6.56. The van der Waals surface area contributed by atoms with Gasteiger partial charge in [0.2, 0.25) is 11.8 Å². The number of carbonyl (C=O) groups is 3. The number of carbonyl (C=O) groups excluding carboxylic acids is 2. The van der Waals surface area contributed by atoms with Gasteiger partial charge in [-0.3, -0.25) is 14.4 Å². The van der Waals surface area contributed by atoms with E-state index in [9.17, 15) is 19.5 Å². The second-order valence-electron chi connectivity index (χ2n) is 11.3. The molecule has 0 heterocycles. The van der Waals surface area contributed by atoms with Crippen molar-refractivity contribution in [1.29, 1.82) is 0 Å². The average Bonchev–Trinajstić information content (AvgIpc) is 2.91. The SMILES string of the molecule is Cc1ccccc1-c1ccc(/C=C/C[C@H](CC(=O)O)C(=O)N[C@H](C(=O)N[C@H](C)c2ccccc2)C(C)(C)C)cc1. The van der Waals surface area contributed by atoms with Gasteiger partial charge in [0.1, 0.15) is 6.04 Å². The average molecular weight is 541 g/mol. The lowest BCUT2D eigenvalue weighted by Crippen LogP contribution is -2.55. The van der Waals surface area contributed by atoms with Crippen molar-refractivity contribution in [2.24, 2.45) is 11.3 Å². The van der Waals surface area contributed by atoms with Crippen LogP contribution in [0.25, 0.3) is 17.2 Å². The minimum Gasteiger partial charge on any atom is -0.481 e. The highest BCUT2D eigenvalue weighted by molar-refractivity contribution is 5.90. The lowest BCUT2D eigenvalue weighted by atomic mass is 9.85. The van der Waals surface area contributed by atoms with Crippen LogP contribution in [-0.2, 0) is 14.4 Å². The van der Waals surface area contributed by atoms with E-state index in [1.54, 1.807) is 0 Å². The van der Waals surface area contributed by atoms with Gasteiger partial charge in [-0.25, -0.2) is 0 Å². The molecule has 0 saturated heterocycles. The Morgan fingerprint density at radius 1 is 0.850 bits per heavy atom. The zero-order valence-electron chi connectivity index (χ0n) is 24.0. The van der Waals surface area contributed by atoms with Gasteiger partial charge in [0.05, 0.1) is 18.4 Å². The molecular formula is C34H40N2O4. The molecule has 0 aliphatic rings. The van der Waals surface area contributed by atoms with Crippen molar-refractivity contribution in [3.8, 4) is 11.1 Å². The summed E-state index contributed by atoms with van der Waals surface area (Å²) in [5, 5.41) is 15.3. The van der Waals surface area contributed by atoms with E-state index in [4.69, 9.17) is 0 Å². The predicted molar refractivity (Wildman–Crippen MR) is 160 cm³/mol. The highest BCUT2D eigenvalue weighted by Gasteiger charge is 2.35. The van der Waals surface area contributed by atoms with E-state index in [1.165, 1.54) is 11.1 Å². The molecule has 6 nitrogen and oxygen atoms in total. The third-order valence-electron chi connectivity index (χ3n) is 6.96. The zero-order valence-corrected chi connectivity index (χ0v) is 24.0. The molecule has 3 rings (SSSR count). The maximum atomic E-state index is 13.3. The Morgan fingerprint density at radius 2 is 1.48 bits per heavy atom. The van der Waals surface area contributed by atoms with Gasteiger partial charge in [-0.1, -0.05) is 112 Å². The second-order valence-corrected chi connectivity index (χ2v) is 11.3. The van der Waals surface area contributed by atoms with Gasteiger partial charge < -0.3 is 15.7 Å². The maximum absolute atomic E-state index is 13.3. The third-order valence-corrected chi connectivity index (χ3v) is 6.96. The summed E-state index contributed by atoms with van der Waals surface area (Å²) < 4.78 is 0. The molecule has 0 radical (unpaired) electrons. The summed E-state index contributed by atoms with van der Waals surface area (Å²) in [4.78, 5) is 38.1. The number of benzene rings is 3. The molecule has 0 aromatic heterocycles. The molecule has 0 bridgehead atoms. The number of allylic oxidation sites excluding steroid dienone is 1. The van der Waals surface area contributed by atoms with Crippen molar-refractivity contribution < 1.29 is 19.5 Å². The van der Waals surface area contributed by atoms with Gasteiger partial charge in [-0.15, -0.1) is 0 Å². The molecule has 0 aliphatic carbocycles. The van der Waals surface area contributed by atoms with Crippen LogP contribution >= 0.6 is 0 Å². The van der Waals surface area contributed by atoms with Crippen molar-refractivity contribution in [2.45, 2.75) is 59.5 Å². The Labute approximate surface area is 237 Å². The number of hydrogen-bond donors (Lipinski definition) is 3. The van der Waals surface area contributed by atoms with Crippen molar-refractivity contribution >= 4 is 23.9 Å². The summed E-state index contributed by atoms with van der Waals surface area (Å²) in [7, 11) is 0. The number of hydrogen-bond acceptors (Lipinski definition) is 3. The molecule has 2 amide bonds. The van der Waals surface area contributed by atoms with Crippen molar-refractivity contribution in [3.05, 3.63) is 102 Å². The lowest BCUT2D eigenvalue weighted by Gasteiger charge is -2.32. The van der Waals surface area contributed by atoms with E-state index in [1.807, 2.05) is 107 Å². The van der Waals surface area contributed by atoms with Gasteiger partial charge >= 0.3 is 5.97 Å². The van der Waals surface area contributed by atoms with E-state index in [0.717, 1.165) is 16.7 Å². The first-order valence-electron chi connectivity index (χ1n) is 13.7. The highest BCUT2D eigenvalue weighted by atomic mass is 16.4. The minimum atomic E-state index is -1.06. The topological polar surface area (TPSA) is 95.5 Å². The van der Waals surface area contributed by atoms with Crippen LogP contribution in [0.1, 0.15) is 63.3 Å². The van der Waals surface area contributed by atoms with E-state index >= 15 is 0 Å². The van der Waals surface area contributed by atoms with Gasteiger partial charge in [0.15, 0.2) is 0 Å². The summed E-state index contributed by atoms with van der Waals surface area (Å²) in [5.41, 5.74) is 4.81. The second kappa shape index (κ2) is 13.7. The van der Waals surface area contributed by atoms with Crippen LogP contribution in [0.5, 0.6) is 0 Å². The first-order valence-corrected chi connectivity index (χ1v) is 13.7. The summed E-state index contributed by atoms with van der Waals surface area (Å²) in [5.74, 6) is -2.64. The number of aliphatic carboxylic acids is 1. The number of aryl methyl sites for hydroxylation is 1. The number of carboxylic acid groups (broad SMARTS) is 1. The van der Waals surface area contributed by atoms with Crippen LogP contribution in [0.2, 0.25) is 0 Å². The van der Waals surface area contributed by atoms with Crippen molar-refractivity contribution in [3.63, 3.8) is 0 Å². The van der Waals surface area contributed by atoms with Crippen LogP contribution < -0.4 is 10.6 Å². The largest absolute Gasteiger partial charge is 0.481 e. The van der Waals surface area contributed by atoms with Crippen LogP contribution in [0, 0.1) is 18.3 Å². The molecule has 3 aromatic rings. The number of nitrogens with one attached hydrogen (secondary N) is 2. The number of amides is 2. The highest BCUT2D eigenvalue weighted by Crippen LogP contribution is 2.25. The molecule has 210 valence electrons. The first kappa shape index (κ1) is 30.4. The van der Waals surface area contributed by atoms with Gasteiger partial charge in [-0.05, 0) is 53.5 Å². The van der Waals surface area contributed by atoms with E-state index < -0.39 is 29.3 Å². The van der Waals surface area contributed by atoms with E-state index in [-0.39, 0.29) is 24.8 Å². The summed E-state index contributed by atoms with van der Waals surface area (Å²) in [6.45, 7) is 9.58. The molecule has 6 heteroatoms. The van der Waals surface area contributed by atoms with Crippen LogP contribution in [0.15, 0.2) is 84.9 Å². The Kier molecular flexibility index (Phi) is 10.4. The molecular weight excluding hydrogens is 500 g/mol. The number of rotatable bonds is 11. The maximum Gasteiger partial charge on any atom is 0.304 e. The lowest BCUT2D eigenvalue weighted by molar-refractivity contribution is -0.141. The summed E-state index contributed by atoms with van der Waals surface area (Å²) in [6.07, 6.45) is 3.61.